The third kappa shape index (κ3) is 3.45. The molecule has 22 heavy (non-hydrogen) atoms. The summed E-state index contributed by atoms with van der Waals surface area (Å²) in [5.41, 5.74) is 0.650. The minimum absolute atomic E-state index is 0.0850. The Morgan fingerprint density at radius 2 is 2.09 bits per heavy atom. The molecule has 0 unspecified atom stereocenters. The molecule has 3 aromatic rings. The number of halogens is 1. The van der Waals surface area contributed by atoms with Crippen LogP contribution in [-0.2, 0) is 13.0 Å². The Morgan fingerprint density at radius 3 is 2.86 bits per heavy atom. The molecule has 114 valence electrons. The average molecular weight is 362 g/mol. The number of hydrogen-bond acceptors (Lipinski definition) is 4. The van der Waals surface area contributed by atoms with Gasteiger partial charge in [0.25, 0.3) is 5.56 Å². The van der Waals surface area contributed by atoms with E-state index in [1.165, 1.54) is 0 Å². The summed E-state index contributed by atoms with van der Waals surface area (Å²) in [6, 6.07) is 11.2. The van der Waals surface area contributed by atoms with Gasteiger partial charge in [0.2, 0.25) is 0 Å². The third-order valence-electron chi connectivity index (χ3n) is 3.45. The van der Waals surface area contributed by atoms with Crippen molar-refractivity contribution in [2.45, 2.75) is 13.0 Å². The van der Waals surface area contributed by atoms with E-state index in [0.29, 0.717) is 24.2 Å². The minimum atomic E-state index is -0.0850. The summed E-state index contributed by atoms with van der Waals surface area (Å²) in [6.45, 7) is 1.49. The number of nitrogens with zero attached hydrogens (tertiary/aromatic N) is 2. The maximum Gasteiger partial charge on any atom is 0.258 e. The molecule has 0 radical (unpaired) electrons. The van der Waals surface area contributed by atoms with Crippen LogP contribution in [0.1, 0.15) is 11.6 Å². The predicted molar refractivity (Wildman–Crippen MR) is 88.8 cm³/mol. The number of nitrogens with one attached hydrogen (secondary N) is 1. The summed E-state index contributed by atoms with van der Waals surface area (Å²) in [5, 5.41) is 0.625. The molecule has 0 atom stereocenters. The van der Waals surface area contributed by atoms with Gasteiger partial charge in [-0.1, -0.05) is 12.1 Å². The van der Waals surface area contributed by atoms with Crippen molar-refractivity contribution < 1.29 is 4.42 Å². The third-order valence-corrected chi connectivity index (χ3v) is 3.87. The van der Waals surface area contributed by atoms with Gasteiger partial charge in [-0.3, -0.25) is 9.69 Å². The van der Waals surface area contributed by atoms with Crippen LogP contribution in [0, 0.1) is 0 Å². The fourth-order valence-electron chi connectivity index (χ4n) is 2.33. The predicted octanol–water partition coefficient (Wildman–Crippen LogP) is 2.95. The van der Waals surface area contributed by atoms with Gasteiger partial charge in [-0.25, -0.2) is 4.98 Å². The van der Waals surface area contributed by atoms with Gasteiger partial charge in [-0.05, 0) is 47.2 Å². The lowest BCUT2D eigenvalue weighted by Crippen LogP contribution is -2.22. The van der Waals surface area contributed by atoms with Gasteiger partial charge in [0.1, 0.15) is 11.6 Å². The number of hydrogen-bond donors (Lipinski definition) is 1. The molecule has 2 aromatic heterocycles. The number of aromatic nitrogens is 2. The van der Waals surface area contributed by atoms with Crippen LogP contribution in [0.2, 0.25) is 0 Å². The molecule has 0 aliphatic rings. The number of rotatable bonds is 5. The van der Waals surface area contributed by atoms with Gasteiger partial charge in [0, 0.05) is 13.0 Å². The number of likely N-dealkylation sites (N-methyl/N-ethyl adjacent to an activating group) is 1. The van der Waals surface area contributed by atoms with Crippen LogP contribution in [0.4, 0.5) is 0 Å². The summed E-state index contributed by atoms with van der Waals surface area (Å²) in [4.78, 5) is 21.5. The molecule has 0 bridgehead atoms. The van der Waals surface area contributed by atoms with E-state index in [4.69, 9.17) is 4.42 Å². The van der Waals surface area contributed by atoms with Crippen LogP contribution in [-0.4, -0.2) is 28.5 Å². The number of para-hydroxylation sites is 1. The number of furan rings is 1. The van der Waals surface area contributed by atoms with Crippen molar-refractivity contribution in [3.8, 4) is 0 Å². The van der Waals surface area contributed by atoms with Gasteiger partial charge in [-0.15, -0.1) is 0 Å². The van der Waals surface area contributed by atoms with E-state index >= 15 is 0 Å². The SMILES string of the molecule is CN(CCc1nc2ccccc2c(=O)[nH]1)Cc1ccc(Br)o1. The lowest BCUT2D eigenvalue weighted by molar-refractivity contribution is 0.294. The Balaban J connectivity index is 1.67. The number of fused-ring (bicyclic) bond motifs is 1. The van der Waals surface area contributed by atoms with E-state index in [9.17, 15) is 4.79 Å². The zero-order valence-electron chi connectivity index (χ0n) is 12.2. The normalized spacial score (nSPS) is 11.4. The largest absolute Gasteiger partial charge is 0.453 e. The average Bonchev–Trinajstić information content (AvgIpc) is 2.90. The Hall–Kier alpha value is -1.92. The Labute approximate surface area is 136 Å². The van der Waals surface area contributed by atoms with Crippen LogP contribution >= 0.6 is 15.9 Å². The van der Waals surface area contributed by atoms with Crippen molar-refractivity contribution in [1.82, 2.24) is 14.9 Å². The van der Waals surface area contributed by atoms with Crippen molar-refractivity contribution in [1.29, 1.82) is 0 Å². The maximum absolute atomic E-state index is 12.0. The number of benzene rings is 1. The van der Waals surface area contributed by atoms with E-state index < -0.39 is 0 Å². The van der Waals surface area contributed by atoms with Gasteiger partial charge >= 0.3 is 0 Å². The smallest absolute Gasteiger partial charge is 0.258 e. The van der Waals surface area contributed by atoms with Crippen molar-refractivity contribution in [3.63, 3.8) is 0 Å². The highest BCUT2D eigenvalue weighted by Gasteiger charge is 2.07. The van der Waals surface area contributed by atoms with E-state index in [-0.39, 0.29) is 5.56 Å². The Morgan fingerprint density at radius 1 is 1.27 bits per heavy atom. The first-order valence-corrected chi connectivity index (χ1v) is 7.82. The zero-order chi connectivity index (χ0) is 15.5. The van der Waals surface area contributed by atoms with E-state index in [0.717, 1.165) is 22.5 Å². The summed E-state index contributed by atoms with van der Waals surface area (Å²) in [5.74, 6) is 1.60. The molecule has 0 amide bonds. The van der Waals surface area contributed by atoms with Crippen LogP contribution < -0.4 is 5.56 Å². The second kappa shape index (κ2) is 6.46. The minimum Gasteiger partial charge on any atom is -0.453 e. The summed E-state index contributed by atoms with van der Waals surface area (Å²) >= 11 is 3.29. The molecular formula is C16H16BrN3O2. The van der Waals surface area contributed by atoms with Crippen molar-refractivity contribution in [2.75, 3.05) is 13.6 Å². The van der Waals surface area contributed by atoms with Crippen LogP contribution in [0.25, 0.3) is 10.9 Å². The molecule has 0 fully saturated rings. The van der Waals surface area contributed by atoms with E-state index in [2.05, 4.69) is 30.8 Å². The van der Waals surface area contributed by atoms with E-state index in [1.807, 2.05) is 37.4 Å². The quantitative estimate of drug-likeness (QED) is 0.758. The van der Waals surface area contributed by atoms with E-state index in [1.54, 1.807) is 6.07 Å². The molecule has 6 heteroatoms. The highest BCUT2D eigenvalue weighted by atomic mass is 79.9. The van der Waals surface area contributed by atoms with Crippen LogP contribution in [0.3, 0.4) is 0 Å². The fourth-order valence-corrected chi connectivity index (χ4v) is 2.67. The highest BCUT2D eigenvalue weighted by Crippen LogP contribution is 2.15. The molecule has 2 heterocycles. The zero-order valence-corrected chi connectivity index (χ0v) is 13.8. The van der Waals surface area contributed by atoms with Gasteiger partial charge in [-0.2, -0.15) is 0 Å². The molecule has 5 nitrogen and oxygen atoms in total. The standard InChI is InChI=1S/C16H16BrN3O2/c1-20(10-11-6-7-14(17)22-11)9-8-15-18-13-5-3-2-4-12(13)16(21)19-15/h2-7H,8-10H2,1H3,(H,18,19,21). The Bertz CT molecular complexity index is 841. The monoisotopic (exact) mass is 361 g/mol. The number of aromatic amines is 1. The van der Waals surface area contributed by atoms with Crippen LogP contribution in [0.15, 0.2) is 50.3 Å². The topological polar surface area (TPSA) is 62.1 Å². The summed E-state index contributed by atoms with van der Waals surface area (Å²) in [6.07, 6.45) is 0.679. The second-order valence-electron chi connectivity index (χ2n) is 5.22. The molecule has 3 rings (SSSR count). The highest BCUT2D eigenvalue weighted by molar-refractivity contribution is 9.10. The molecule has 0 saturated heterocycles. The summed E-state index contributed by atoms with van der Waals surface area (Å²) in [7, 11) is 2.01. The molecular weight excluding hydrogens is 346 g/mol. The Kier molecular flexibility index (Phi) is 4.40. The second-order valence-corrected chi connectivity index (χ2v) is 6.00. The lowest BCUT2D eigenvalue weighted by Gasteiger charge is -2.14. The van der Waals surface area contributed by atoms with Gasteiger partial charge < -0.3 is 9.40 Å². The molecule has 0 aliphatic heterocycles. The number of H-pyrrole nitrogens is 1. The lowest BCUT2D eigenvalue weighted by atomic mass is 10.2. The summed E-state index contributed by atoms with van der Waals surface area (Å²) < 4.78 is 6.22. The molecule has 0 aliphatic carbocycles. The first-order chi connectivity index (χ1) is 10.6. The van der Waals surface area contributed by atoms with Crippen LogP contribution in [0.5, 0.6) is 0 Å². The molecule has 0 saturated carbocycles. The van der Waals surface area contributed by atoms with Gasteiger partial charge in [0.05, 0.1) is 17.4 Å². The molecule has 1 N–H and O–H groups in total. The first-order valence-electron chi connectivity index (χ1n) is 7.02. The molecule has 0 spiro atoms. The van der Waals surface area contributed by atoms with Crippen molar-refractivity contribution in [2.24, 2.45) is 0 Å². The van der Waals surface area contributed by atoms with Gasteiger partial charge in [0.15, 0.2) is 4.67 Å². The molecule has 1 aromatic carbocycles. The first kappa shape index (κ1) is 15.0. The van der Waals surface area contributed by atoms with Crippen molar-refractivity contribution >= 4 is 26.8 Å². The van der Waals surface area contributed by atoms with Crippen molar-refractivity contribution in [3.05, 3.63) is 63.0 Å². The fraction of sp³-hybridized carbons (Fsp3) is 0.250. The maximum atomic E-state index is 12.0.